The molecule has 2 aromatic rings. The molecule has 0 spiro atoms. The lowest BCUT2D eigenvalue weighted by Gasteiger charge is -2.30. The van der Waals surface area contributed by atoms with E-state index >= 15 is 0 Å². The number of thiophene rings is 1. The molecule has 3 rings (SSSR count). The third-order valence-electron chi connectivity index (χ3n) is 4.61. The van der Waals surface area contributed by atoms with Gasteiger partial charge in [0.05, 0.1) is 6.42 Å². The minimum absolute atomic E-state index is 0.219. The Morgan fingerprint density at radius 2 is 2.26 bits per heavy atom. The number of hydrogen-bond acceptors (Lipinski definition) is 5. The highest BCUT2D eigenvalue weighted by molar-refractivity contribution is 7.10. The third-order valence-corrected chi connectivity index (χ3v) is 5.49. The van der Waals surface area contributed by atoms with Crippen molar-refractivity contribution in [3.63, 3.8) is 0 Å². The van der Waals surface area contributed by atoms with E-state index in [0.29, 0.717) is 12.3 Å². The van der Waals surface area contributed by atoms with E-state index in [1.807, 2.05) is 22.4 Å². The summed E-state index contributed by atoms with van der Waals surface area (Å²) in [5.74, 6) is 2.38. The standard InChI is InChI=1S/C17H23N3O2S/c1-3-12(2)16-18-17(22-19-16)13-6-8-20(9-7-13)15(21)11-14-5-4-10-23-14/h4-5,10,12-13H,3,6-9,11H2,1-2H3/t12-/m0/s1. The van der Waals surface area contributed by atoms with Gasteiger partial charge in [0.15, 0.2) is 5.82 Å². The van der Waals surface area contributed by atoms with Gasteiger partial charge >= 0.3 is 0 Å². The van der Waals surface area contributed by atoms with Crippen LogP contribution in [0.2, 0.25) is 0 Å². The van der Waals surface area contributed by atoms with Crippen molar-refractivity contribution in [1.29, 1.82) is 0 Å². The Morgan fingerprint density at radius 3 is 2.91 bits per heavy atom. The van der Waals surface area contributed by atoms with Crippen molar-refractivity contribution in [3.8, 4) is 0 Å². The van der Waals surface area contributed by atoms with Gasteiger partial charge in [-0.1, -0.05) is 25.1 Å². The van der Waals surface area contributed by atoms with Gasteiger partial charge in [-0.3, -0.25) is 4.79 Å². The fourth-order valence-electron chi connectivity index (χ4n) is 2.85. The van der Waals surface area contributed by atoms with Crippen LogP contribution in [-0.4, -0.2) is 34.0 Å². The molecule has 23 heavy (non-hydrogen) atoms. The van der Waals surface area contributed by atoms with Gasteiger partial charge in [-0.15, -0.1) is 11.3 Å². The first-order chi connectivity index (χ1) is 11.2. The third kappa shape index (κ3) is 3.80. The van der Waals surface area contributed by atoms with Gasteiger partial charge in [-0.25, -0.2) is 0 Å². The van der Waals surface area contributed by atoms with Gasteiger partial charge in [0, 0.05) is 29.8 Å². The second-order valence-electron chi connectivity index (χ2n) is 6.21. The van der Waals surface area contributed by atoms with Crippen LogP contribution in [0.1, 0.15) is 61.5 Å². The molecular formula is C17H23N3O2S. The van der Waals surface area contributed by atoms with Crippen LogP contribution in [-0.2, 0) is 11.2 Å². The number of amides is 1. The molecule has 1 amide bonds. The highest BCUT2D eigenvalue weighted by atomic mass is 32.1. The van der Waals surface area contributed by atoms with Crippen molar-refractivity contribution < 1.29 is 9.32 Å². The number of piperidine rings is 1. The molecule has 6 heteroatoms. The molecule has 0 N–H and O–H groups in total. The fraction of sp³-hybridized carbons (Fsp3) is 0.588. The van der Waals surface area contributed by atoms with Gasteiger partial charge in [0.1, 0.15) is 0 Å². The maximum atomic E-state index is 12.3. The SMILES string of the molecule is CC[C@H](C)c1noc(C2CCN(C(=O)Cc3cccs3)CC2)n1. The Kier molecular flexibility index (Phi) is 5.10. The second kappa shape index (κ2) is 7.25. The molecule has 124 valence electrons. The topological polar surface area (TPSA) is 59.2 Å². The summed E-state index contributed by atoms with van der Waals surface area (Å²) in [4.78, 5) is 20.0. The summed E-state index contributed by atoms with van der Waals surface area (Å²) in [6, 6.07) is 4.01. The van der Waals surface area contributed by atoms with E-state index in [4.69, 9.17) is 4.52 Å². The molecule has 0 radical (unpaired) electrons. The molecule has 1 fully saturated rings. The molecule has 2 aromatic heterocycles. The number of carbonyl (C=O) groups is 1. The van der Waals surface area contributed by atoms with E-state index in [-0.39, 0.29) is 11.8 Å². The molecule has 5 nitrogen and oxygen atoms in total. The van der Waals surface area contributed by atoms with Gasteiger partial charge in [-0.05, 0) is 30.7 Å². The lowest BCUT2D eigenvalue weighted by molar-refractivity contribution is -0.131. The average Bonchev–Trinajstić information content (AvgIpc) is 3.26. The summed E-state index contributed by atoms with van der Waals surface area (Å²) in [6.45, 7) is 5.78. The molecule has 0 unspecified atom stereocenters. The molecule has 1 aliphatic heterocycles. The number of nitrogens with zero attached hydrogens (tertiary/aromatic N) is 3. The molecule has 0 saturated carbocycles. The van der Waals surface area contributed by atoms with Gasteiger partial charge < -0.3 is 9.42 Å². The van der Waals surface area contributed by atoms with Crippen molar-refractivity contribution in [3.05, 3.63) is 34.1 Å². The van der Waals surface area contributed by atoms with Crippen LogP contribution >= 0.6 is 11.3 Å². The van der Waals surface area contributed by atoms with Crippen molar-refractivity contribution in [2.24, 2.45) is 0 Å². The number of hydrogen-bond donors (Lipinski definition) is 0. The molecule has 1 saturated heterocycles. The van der Waals surface area contributed by atoms with Crippen LogP contribution in [0.3, 0.4) is 0 Å². The number of carbonyl (C=O) groups excluding carboxylic acids is 1. The number of likely N-dealkylation sites (tertiary alicyclic amines) is 1. The highest BCUT2D eigenvalue weighted by Gasteiger charge is 2.28. The summed E-state index contributed by atoms with van der Waals surface area (Å²) in [5.41, 5.74) is 0. The second-order valence-corrected chi connectivity index (χ2v) is 7.24. The van der Waals surface area contributed by atoms with Crippen molar-refractivity contribution in [1.82, 2.24) is 15.0 Å². The average molecular weight is 333 g/mol. The Morgan fingerprint density at radius 1 is 1.48 bits per heavy atom. The predicted octanol–water partition coefficient (Wildman–Crippen LogP) is 3.59. The Hall–Kier alpha value is -1.69. The first-order valence-electron chi connectivity index (χ1n) is 8.31. The van der Waals surface area contributed by atoms with E-state index in [2.05, 4.69) is 24.0 Å². The zero-order valence-corrected chi connectivity index (χ0v) is 14.5. The van der Waals surface area contributed by atoms with Crippen molar-refractivity contribution >= 4 is 17.2 Å². The maximum absolute atomic E-state index is 12.3. The van der Waals surface area contributed by atoms with E-state index in [1.165, 1.54) is 0 Å². The maximum Gasteiger partial charge on any atom is 0.229 e. The predicted molar refractivity (Wildman–Crippen MR) is 89.6 cm³/mol. The summed E-state index contributed by atoms with van der Waals surface area (Å²) in [7, 11) is 0. The van der Waals surface area contributed by atoms with E-state index in [1.54, 1.807) is 11.3 Å². The van der Waals surface area contributed by atoms with Crippen LogP contribution < -0.4 is 0 Å². The smallest absolute Gasteiger partial charge is 0.229 e. The molecule has 0 aliphatic carbocycles. The van der Waals surface area contributed by atoms with Gasteiger partial charge in [0.2, 0.25) is 11.8 Å². The Bertz CT molecular complexity index is 630. The molecule has 3 heterocycles. The molecule has 1 atom stereocenters. The molecule has 0 bridgehead atoms. The molecular weight excluding hydrogens is 310 g/mol. The zero-order chi connectivity index (χ0) is 16.2. The van der Waals surface area contributed by atoms with Crippen molar-refractivity contribution in [2.45, 2.75) is 51.4 Å². The fourth-order valence-corrected chi connectivity index (χ4v) is 3.54. The van der Waals surface area contributed by atoms with Crippen LogP contribution in [0.4, 0.5) is 0 Å². The van der Waals surface area contributed by atoms with Gasteiger partial charge in [0.25, 0.3) is 0 Å². The van der Waals surface area contributed by atoms with Crippen LogP contribution in [0, 0.1) is 0 Å². The van der Waals surface area contributed by atoms with Gasteiger partial charge in [-0.2, -0.15) is 4.98 Å². The molecule has 1 aliphatic rings. The summed E-state index contributed by atoms with van der Waals surface area (Å²) >= 11 is 1.64. The van der Waals surface area contributed by atoms with E-state index < -0.39 is 0 Å². The normalized spacial score (nSPS) is 17.4. The first-order valence-corrected chi connectivity index (χ1v) is 9.19. The quantitative estimate of drug-likeness (QED) is 0.839. The largest absolute Gasteiger partial charge is 0.342 e. The minimum Gasteiger partial charge on any atom is -0.342 e. The Balaban J connectivity index is 1.53. The van der Waals surface area contributed by atoms with Crippen molar-refractivity contribution in [2.75, 3.05) is 13.1 Å². The number of rotatable bonds is 5. The van der Waals surface area contributed by atoms with Crippen LogP contribution in [0.5, 0.6) is 0 Å². The number of aromatic nitrogens is 2. The highest BCUT2D eigenvalue weighted by Crippen LogP contribution is 2.28. The monoisotopic (exact) mass is 333 g/mol. The van der Waals surface area contributed by atoms with E-state index in [9.17, 15) is 4.79 Å². The zero-order valence-electron chi connectivity index (χ0n) is 13.7. The summed E-state index contributed by atoms with van der Waals surface area (Å²) < 4.78 is 5.45. The van der Waals surface area contributed by atoms with Crippen LogP contribution in [0.15, 0.2) is 22.0 Å². The summed E-state index contributed by atoms with van der Waals surface area (Å²) in [5, 5.41) is 6.11. The molecule has 0 aromatic carbocycles. The minimum atomic E-state index is 0.219. The van der Waals surface area contributed by atoms with Crippen LogP contribution in [0.25, 0.3) is 0 Å². The lowest BCUT2D eigenvalue weighted by atomic mass is 9.96. The summed E-state index contributed by atoms with van der Waals surface area (Å²) in [6.07, 6.45) is 3.33. The lowest BCUT2D eigenvalue weighted by Crippen LogP contribution is -2.38. The van der Waals surface area contributed by atoms with E-state index in [0.717, 1.165) is 48.9 Å². The Labute approximate surface area is 140 Å². The first kappa shape index (κ1) is 16.2.